The third kappa shape index (κ3) is 2.79. The average Bonchev–Trinajstić information content (AvgIpc) is 2.25. The van der Waals surface area contributed by atoms with Crippen LogP contribution in [0.15, 0.2) is 18.2 Å². The zero-order valence-electron chi connectivity index (χ0n) is 8.34. The molecule has 0 fully saturated rings. The first-order valence-electron chi connectivity index (χ1n) is 4.29. The first-order chi connectivity index (χ1) is 6.81. The highest BCUT2D eigenvalue weighted by molar-refractivity contribution is 6.17. The zero-order valence-corrected chi connectivity index (χ0v) is 9.10. The van der Waals surface area contributed by atoms with Gasteiger partial charge in [0.2, 0.25) is 0 Å². The summed E-state index contributed by atoms with van der Waals surface area (Å²) in [7, 11) is 3.28. The Morgan fingerprint density at radius 2 is 2.07 bits per heavy atom. The van der Waals surface area contributed by atoms with Crippen LogP contribution in [0.1, 0.15) is 5.56 Å². The summed E-state index contributed by atoms with van der Waals surface area (Å²) in [6.07, 6.45) is 0. The predicted octanol–water partition coefficient (Wildman–Crippen LogP) is 1.99. The van der Waals surface area contributed by atoms with Crippen molar-refractivity contribution in [2.75, 3.05) is 20.2 Å². The molecule has 1 aromatic rings. The van der Waals surface area contributed by atoms with Crippen LogP contribution in [0.3, 0.4) is 0 Å². The van der Waals surface area contributed by atoms with Crippen molar-refractivity contribution in [3.63, 3.8) is 0 Å². The van der Waals surface area contributed by atoms with E-state index in [1.807, 2.05) is 18.2 Å². The highest BCUT2D eigenvalue weighted by atomic mass is 35.5. The predicted molar refractivity (Wildman–Crippen MR) is 57.1 cm³/mol. The largest absolute Gasteiger partial charge is 0.497 e. The lowest BCUT2D eigenvalue weighted by Crippen LogP contribution is -2.11. The normalized spacial score (nSPS) is 9.93. The second-order valence-corrected chi connectivity index (χ2v) is 3.01. The minimum absolute atomic E-state index is 0.417. The summed E-state index contributed by atoms with van der Waals surface area (Å²) in [4.78, 5) is 0. The Bertz CT molecular complexity index is 291. The molecule has 0 spiro atoms. The first kappa shape index (κ1) is 11.1. The van der Waals surface area contributed by atoms with Crippen LogP contribution in [0, 0.1) is 0 Å². The Hall–Kier alpha value is -0.930. The van der Waals surface area contributed by atoms with Gasteiger partial charge in [0.05, 0.1) is 20.2 Å². The molecule has 78 valence electrons. The van der Waals surface area contributed by atoms with E-state index in [-0.39, 0.29) is 0 Å². The molecule has 0 aliphatic heterocycles. The van der Waals surface area contributed by atoms with Gasteiger partial charge in [-0.3, -0.25) is 5.32 Å². The van der Waals surface area contributed by atoms with E-state index in [4.69, 9.17) is 21.1 Å². The van der Waals surface area contributed by atoms with Gasteiger partial charge in [0.1, 0.15) is 11.5 Å². The van der Waals surface area contributed by atoms with Crippen molar-refractivity contribution in [3.05, 3.63) is 23.8 Å². The van der Waals surface area contributed by atoms with Gasteiger partial charge in [-0.15, -0.1) is 11.6 Å². The summed E-state index contributed by atoms with van der Waals surface area (Å²) in [6, 6.07) is 6.09. The molecule has 0 saturated carbocycles. The lowest BCUT2D eigenvalue weighted by atomic mass is 10.2. The van der Waals surface area contributed by atoms with Gasteiger partial charge in [-0.05, 0) is 18.2 Å². The zero-order chi connectivity index (χ0) is 10.4. The number of rotatable bonds is 5. The molecule has 4 heteroatoms. The van der Waals surface area contributed by atoms with Crippen molar-refractivity contribution in [2.24, 2.45) is 0 Å². The second kappa shape index (κ2) is 5.73. The molecule has 0 bridgehead atoms. The third-order valence-corrected chi connectivity index (χ3v) is 2.09. The minimum Gasteiger partial charge on any atom is -0.497 e. The molecule has 1 N–H and O–H groups in total. The molecule has 0 unspecified atom stereocenters. The second-order valence-electron chi connectivity index (χ2n) is 2.74. The Balaban J connectivity index is 2.84. The number of alkyl halides is 1. The maximum Gasteiger partial charge on any atom is 0.123 e. The van der Waals surface area contributed by atoms with Crippen LogP contribution in [0.5, 0.6) is 11.5 Å². The molecular formula is C10H14ClNO2. The Morgan fingerprint density at radius 3 is 2.64 bits per heavy atom. The molecule has 1 rings (SSSR count). The Morgan fingerprint density at radius 1 is 1.29 bits per heavy atom. The van der Waals surface area contributed by atoms with E-state index >= 15 is 0 Å². The number of benzene rings is 1. The third-order valence-electron chi connectivity index (χ3n) is 1.90. The Kier molecular flexibility index (Phi) is 4.56. The van der Waals surface area contributed by atoms with Crippen LogP contribution >= 0.6 is 11.6 Å². The fraction of sp³-hybridized carbons (Fsp3) is 0.400. The van der Waals surface area contributed by atoms with Crippen molar-refractivity contribution in [3.8, 4) is 11.5 Å². The van der Waals surface area contributed by atoms with Crippen molar-refractivity contribution >= 4 is 11.6 Å². The van der Waals surface area contributed by atoms with Gasteiger partial charge in [0.25, 0.3) is 0 Å². The van der Waals surface area contributed by atoms with Gasteiger partial charge >= 0.3 is 0 Å². The average molecular weight is 216 g/mol. The number of methoxy groups -OCH3 is 2. The summed E-state index contributed by atoms with van der Waals surface area (Å²) in [5.74, 6) is 1.65. The molecule has 0 aliphatic carbocycles. The number of hydrogen-bond donors (Lipinski definition) is 1. The highest BCUT2D eigenvalue weighted by Crippen LogP contribution is 2.23. The highest BCUT2D eigenvalue weighted by Gasteiger charge is 2.03. The molecule has 3 nitrogen and oxygen atoms in total. The van der Waals surface area contributed by atoms with Gasteiger partial charge in [0.15, 0.2) is 0 Å². The summed E-state index contributed by atoms with van der Waals surface area (Å²) >= 11 is 5.54. The fourth-order valence-electron chi connectivity index (χ4n) is 1.20. The topological polar surface area (TPSA) is 30.5 Å². The van der Waals surface area contributed by atoms with E-state index in [1.165, 1.54) is 0 Å². The lowest BCUT2D eigenvalue weighted by molar-refractivity contribution is 0.397. The van der Waals surface area contributed by atoms with Crippen LogP contribution in [-0.2, 0) is 6.54 Å². The van der Waals surface area contributed by atoms with Gasteiger partial charge in [-0.2, -0.15) is 0 Å². The molecule has 1 aromatic carbocycles. The number of ether oxygens (including phenoxy) is 2. The van der Waals surface area contributed by atoms with E-state index in [0.717, 1.165) is 17.1 Å². The van der Waals surface area contributed by atoms with Crippen LogP contribution < -0.4 is 14.8 Å². The molecule has 14 heavy (non-hydrogen) atoms. The molecule has 0 radical (unpaired) electrons. The van der Waals surface area contributed by atoms with Crippen LogP contribution in [0.25, 0.3) is 0 Å². The van der Waals surface area contributed by atoms with Gasteiger partial charge in [0, 0.05) is 12.1 Å². The van der Waals surface area contributed by atoms with Gasteiger partial charge in [-0.1, -0.05) is 0 Å². The van der Waals surface area contributed by atoms with Crippen molar-refractivity contribution in [1.82, 2.24) is 5.32 Å². The number of hydrogen-bond acceptors (Lipinski definition) is 3. The molecule has 0 amide bonds. The van der Waals surface area contributed by atoms with Crippen LogP contribution in [0.4, 0.5) is 0 Å². The minimum atomic E-state index is 0.417. The van der Waals surface area contributed by atoms with Crippen molar-refractivity contribution in [2.45, 2.75) is 6.54 Å². The van der Waals surface area contributed by atoms with Crippen LogP contribution in [-0.4, -0.2) is 20.2 Å². The fourth-order valence-corrected chi connectivity index (χ4v) is 1.30. The quantitative estimate of drug-likeness (QED) is 0.602. The number of halogens is 1. The maximum atomic E-state index is 5.54. The van der Waals surface area contributed by atoms with Crippen molar-refractivity contribution in [1.29, 1.82) is 0 Å². The molecular weight excluding hydrogens is 202 g/mol. The molecule has 0 saturated heterocycles. The lowest BCUT2D eigenvalue weighted by Gasteiger charge is -2.10. The number of nitrogens with one attached hydrogen (secondary N) is 1. The first-order valence-corrected chi connectivity index (χ1v) is 4.83. The van der Waals surface area contributed by atoms with E-state index in [9.17, 15) is 0 Å². The van der Waals surface area contributed by atoms with E-state index in [0.29, 0.717) is 12.5 Å². The monoisotopic (exact) mass is 215 g/mol. The summed E-state index contributed by atoms with van der Waals surface area (Å²) < 4.78 is 10.3. The summed E-state index contributed by atoms with van der Waals surface area (Å²) in [6.45, 7) is 0.671. The SMILES string of the molecule is COc1ccc(OC)c(CNCCl)c1. The maximum absolute atomic E-state index is 5.54. The summed E-state index contributed by atoms with van der Waals surface area (Å²) in [5.41, 5.74) is 1.03. The molecule has 0 aromatic heterocycles. The molecule has 0 aliphatic rings. The smallest absolute Gasteiger partial charge is 0.123 e. The van der Waals surface area contributed by atoms with E-state index in [2.05, 4.69) is 5.32 Å². The Labute approximate surface area is 89.0 Å². The van der Waals surface area contributed by atoms with Crippen molar-refractivity contribution < 1.29 is 9.47 Å². The molecule has 0 heterocycles. The standard InChI is InChI=1S/C10H14ClNO2/c1-13-9-3-4-10(14-2)8(5-9)6-12-7-11/h3-5,12H,6-7H2,1-2H3. The van der Waals surface area contributed by atoms with Gasteiger partial charge < -0.3 is 9.47 Å². The summed E-state index contributed by atoms with van der Waals surface area (Å²) in [5, 5.41) is 3.02. The van der Waals surface area contributed by atoms with Gasteiger partial charge in [-0.25, -0.2) is 0 Å². The van der Waals surface area contributed by atoms with Crippen LogP contribution in [0.2, 0.25) is 0 Å². The van der Waals surface area contributed by atoms with E-state index in [1.54, 1.807) is 14.2 Å². The van der Waals surface area contributed by atoms with E-state index < -0.39 is 0 Å². The molecule has 0 atom stereocenters.